The van der Waals surface area contributed by atoms with E-state index in [0.717, 1.165) is 0 Å². The van der Waals surface area contributed by atoms with Gasteiger partial charge in [-0.3, -0.25) is 4.68 Å². The van der Waals surface area contributed by atoms with Crippen LogP contribution in [-0.4, -0.2) is 28.0 Å². The van der Waals surface area contributed by atoms with Crippen LogP contribution < -0.4 is 4.74 Å². The van der Waals surface area contributed by atoms with Gasteiger partial charge in [0.25, 0.3) is 0 Å². The molecule has 2 rings (SSSR count). The van der Waals surface area contributed by atoms with Gasteiger partial charge in [0.15, 0.2) is 17.3 Å². The lowest BCUT2D eigenvalue weighted by atomic mass is 10.1. The molecule has 0 amide bonds. The van der Waals surface area contributed by atoms with Crippen LogP contribution in [0, 0.1) is 5.82 Å². The van der Waals surface area contributed by atoms with E-state index < -0.39 is 11.8 Å². The molecule has 1 aromatic heterocycles. The van der Waals surface area contributed by atoms with E-state index in [2.05, 4.69) is 21.0 Å². The predicted octanol–water partition coefficient (Wildman–Crippen LogP) is 2.70. The minimum atomic E-state index is -1.15. The minimum Gasteiger partial charge on any atom is -0.493 e. The molecule has 0 aliphatic carbocycles. The number of hydrogen-bond acceptors (Lipinski definition) is 3. The summed E-state index contributed by atoms with van der Waals surface area (Å²) in [7, 11) is 2.93. The molecule has 1 heterocycles. The van der Waals surface area contributed by atoms with Gasteiger partial charge in [0.2, 0.25) is 0 Å². The van der Waals surface area contributed by atoms with Crippen molar-refractivity contribution in [1.82, 2.24) is 9.78 Å². The van der Waals surface area contributed by atoms with Crippen molar-refractivity contribution in [2.45, 2.75) is 0 Å². The topological polar surface area (TPSA) is 64.3 Å². The first kappa shape index (κ1) is 13.5. The van der Waals surface area contributed by atoms with E-state index in [1.54, 1.807) is 7.05 Å². The van der Waals surface area contributed by atoms with Crippen LogP contribution >= 0.6 is 15.9 Å². The molecule has 0 radical (unpaired) electrons. The quantitative estimate of drug-likeness (QED) is 0.940. The normalized spacial score (nSPS) is 10.5. The second-order valence-corrected chi connectivity index (χ2v) is 4.64. The van der Waals surface area contributed by atoms with Crippen LogP contribution in [0.4, 0.5) is 4.39 Å². The van der Waals surface area contributed by atoms with Crippen LogP contribution in [0.3, 0.4) is 0 Å². The van der Waals surface area contributed by atoms with Crippen LogP contribution in [-0.2, 0) is 7.05 Å². The van der Waals surface area contributed by atoms with E-state index in [9.17, 15) is 9.18 Å². The molecular weight excluding hydrogens is 319 g/mol. The van der Waals surface area contributed by atoms with Gasteiger partial charge in [-0.15, -0.1) is 0 Å². The van der Waals surface area contributed by atoms with Gasteiger partial charge in [0.1, 0.15) is 0 Å². The number of aromatic nitrogens is 2. The number of ether oxygens (including phenoxy) is 1. The Kier molecular flexibility index (Phi) is 3.57. The standard InChI is InChI=1S/C12H10BrFN2O3/c1-16-9(5-8(15-16)12(17)18)10-6(13)3-4-7(14)11(10)19-2/h3-5H,1-2H3,(H,17,18). The lowest BCUT2D eigenvalue weighted by Gasteiger charge is -2.11. The van der Waals surface area contributed by atoms with Crippen LogP contribution in [0.2, 0.25) is 0 Å². The number of carboxylic acids is 1. The molecule has 19 heavy (non-hydrogen) atoms. The minimum absolute atomic E-state index is 0.0364. The Morgan fingerprint density at radius 2 is 2.21 bits per heavy atom. The van der Waals surface area contributed by atoms with E-state index in [0.29, 0.717) is 15.7 Å². The molecule has 100 valence electrons. The Morgan fingerprint density at radius 3 is 2.74 bits per heavy atom. The average molecular weight is 329 g/mol. The van der Waals surface area contributed by atoms with Gasteiger partial charge in [0, 0.05) is 11.5 Å². The van der Waals surface area contributed by atoms with E-state index >= 15 is 0 Å². The van der Waals surface area contributed by atoms with Crippen molar-refractivity contribution >= 4 is 21.9 Å². The second-order valence-electron chi connectivity index (χ2n) is 3.78. The lowest BCUT2D eigenvalue weighted by molar-refractivity contribution is 0.0689. The summed E-state index contributed by atoms with van der Waals surface area (Å²) in [5, 5.41) is 12.8. The number of aromatic carboxylic acids is 1. The maximum absolute atomic E-state index is 13.7. The van der Waals surface area contributed by atoms with Crippen molar-refractivity contribution in [3.63, 3.8) is 0 Å². The average Bonchev–Trinajstić information content (AvgIpc) is 2.74. The third-order valence-electron chi connectivity index (χ3n) is 2.62. The van der Waals surface area contributed by atoms with Gasteiger partial charge < -0.3 is 9.84 Å². The van der Waals surface area contributed by atoms with E-state index in [1.807, 2.05) is 0 Å². The van der Waals surface area contributed by atoms with Crippen LogP contribution in [0.15, 0.2) is 22.7 Å². The van der Waals surface area contributed by atoms with Crippen molar-refractivity contribution < 1.29 is 19.0 Å². The molecule has 0 aliphatic heterocycles. The maximum Gasteiger partial charge on any atom is 0.356 e. The van der Waals surface area contributed by atoms with Crippen molar-refractivity contribution in [2.24, 2.45) is 7.05 Å². The number of benzene rings is 1. The summed E-state index contributed by atoms with van der Waals surface area (Å²) < 4.78 is 20.7. The number of carboxylic acid groups (broad SMARTS) is 1. The summed E-state index contributed by atoms with van der Waals surface area (Å²) in [5.74, 6) is -1.64. The number of hydrogen-bond donors (Lipinski definition) is 1. The Morgan fingerprint density at radius 1 is 1.53 bits per heavy atom. The van der Waals surface area contributed by atoms with Gasteiger partial charge in [-0.25, -0.2) is 9.18 Å². The summed E-state index contributed by atoms with van der Waals surface area (Å²) in [6.07, 6.45) is 0. The highest BCUT2D eigenvalue weighted by molar-refractivity contribution is 9.10. The highest BCUT2D eigenvalue weighted by atomic mass is 79.9. The van der Waals surface area contributed by atoms with E-state index in [4.69, 9.17) is 9.84 Å². The summed E-state index contributed by atoms with van der Waals surface area (Å²) in [5.41, 5.74) is 0.751. The van der Waals surface area contributed by atoms with Crippen molar-refractivity contribution in [3.8, 4) is 17.0 Å². The maximum atomic E-state index is 13.7. The first-order valence-electron chi connectivity index (χ1n) is 5.25. The van der Waals surface area contributed by atoms with Crippen LogP contribution in [0.25, 0.3) is 11.3 Å². The number of rotatable bonds is 3. The molecule has 1 aromatic carbocycles. The zero-order valence-corrected chi connectivity index (χ0v) is 11.7. The Balaban J connectivity index is 2.71. The SMILES string of the molecule is COc1c(F)ccc(Br)c1-c1cc(C(=O)O)nn1C. The molecular formula is C12H10BrFN2O3. The fraction of sp³-hybridized carbons (Fsp3) is 0.167. The van der Waals surface area contributed by atoms with Gasteiger partial charge in [-0.05, 0) is 34.1 Å². The lowest BCUT2D eigenvalue weighted by Crippen LogP contribution is -2.00. The molecule has 5 nitrogen and oxygen atoms in total. The monoisotopic (exact) mass is 328 g/mol. The molecule has 7 heteroatoms. The summed E-state index contributed by atoms with van der Waals surface area (Å²) in [6, 6.07) is 4.16. The second kappa shape index (κ2) is 5.00. The third kappa shape index (κ3) is 2.33. The molecule has 0 fully saturated rings. The largest absolute Gasteiger partial charge is 0.493 e. The number of halogens is 2. The molecule has 1 N–H and O–H groups in total. The number of methoxy groups -OCH3 is 1. The molecule has 0 saturated carbocycles. The molecule has 0 atom stereocenters. The fourth-order valence-electron chi connectivity index (χ4n) is 1.78. The zero-order chi connectivity index (χ0) is 14.2. The Bertz CT molecular complexity index is 655. The molecule has 0 unspecified atom stereocenters. The fourth-order valence-corrected chi connectivity index (χ4v) is 2.29. The first-order valence-corrected chi connectivity index (χ1v) is 6.04. The zero-order valence-electron chi connectivity index (χ0n) is 10.1. The number of carbonyl (C=O) groups is 1. The van der Waals surface area contributed by atoms with Gasteiger partial charge in [0.05, 0.1) is 18.4 Å². The Hall–Kier alpha value is -1.89. The number of nitrogens with zero attached hydrogens (tertiary/aromatic N) is 2. The van der Waals surface area contributed by atoms with Crippen molar-refractivity contribution in [3.05, 3.63) is 34.2 Å². The van der Waals surface area contributed by atoms with Crippen molar-refractivity contribution in [1.29, 1.82) is 0 Å². The summed E-state index contributed by atoms with van der Waals surface area (Å²) in [4.78, 5) is 10.9. The molecule has 0 spiro atoms. The third-order valence-corrected chi connectivity index (χ3v) is 3.28. The van der Waals surface area contributed by atoms with Gasteiger partial charge in [-0.2, -0.15) is 5.10 Å². The highest BCUT2D eigenvalue weighted by Crippen LogP contribution is 2.38. The van der Waals surface area contributed by atoms with Crippen molar-refractivity contribution in [2.75, 3.05) is 7.11 Å². The van der Waals surface area contributed by atoms with Crippen LogP contribution in [0.1, 0.15) is 10.5 Å². The molecule has 2 aromatic rings. The summed E-state index contributed by atoms with van der Waals surface area (Å²) >= 11 is 3.30. The first-order chi connectivity index (χ1) is 8.95. The Labute approximate surface area is 116 Å². The molecule has 0 saturated heterocycles. The van der Waals surface area contributed by atoms with E-state index in [-0.39, 0.29) is 11.4 Å². The smallest absolute Gasteiger partial charge is 0.356 e. The molecule has 0 bridgehead atoms. The van der Waals surface area contributed by atoms with Gasteiger partial charge in [-0.1, -0.05) is 0 Å². The van der Waals surface area contributed by atoms with Gasteiger partial charge >= 0.3 is 5.97 Å². The predicted molar refractivity (Wildman–Crippen MR) is 69.8 cm³/mol. The summed E-state index contributed by atoms with van der Waals surface area (Å²) in [6.45, 7) is 0. The van der Waals surface area contributed by atoms with Crippen LogP contribution in [0.5, 0.6) is 5.75 Å². The molecule has 0 aliphatic rings. The number of aryl methyl sites for hydroxylation is 1. The highest BCUT2D eigenvalue weighted by Gasteiger charge is 2.20. The van der Waals surface area contributed by atoms with E-state index in [1.165, 1.54) is 30.0 Å².